The number of hydrogen-bond donors (Lipinski definition) is 0. The molecule has 0 heterocycles. The molecule has 0 spiro atoms. The van der Waals surface area contributed by atoms with E-state index in [0.717, 1.165) is 11.2 Å². The highest BCUT2D eigenvalue weighted by atomic mass is 79.9. The molecule has 15 heavy (non-hydrogen) atoms. The maximum absolute atomic E-state index is 3.58. The Bertz CT molecular complexity index is 289. The van der Waals surface area contributed by atoms with Crippen LogP contribution in [0.3, 0.4) is 0 Å². The van der Waals surface area contributed by atoms with Gasteiger partial charge >= 0.3 is 0 Å². The highest BCUT2D eigenvalue weighted by Gasteiger charge is 2.06. The van der Waals surface area contributed by atoms with E-state index < -0.39 is 0 Å². The quantitative estimate of drug-likeness (QED) is 0.491. The second-order valence-corrected chi connectivity index (χ2v) is 6.23. The molecule has 1 unspecified atom stereocenters. The second-order valence-electron chi connectivity index (χ2n) is 3.58. The normalized spacial score (nSPS) is 12.7. The molecule has 3 heteroatoms. The molecule has 1 rings (SSSR count). The van der Waals surface area contributed by atoms with Gasteiger partial charge in [0.05, 0.1) is 0 Å². The SMILES string of the molecule is CCCC(CBr)CSc1cccc(Br)c1. The van der Waals surface area contributed by atoms with Crippen LogP contribution >= 0.6 is 43.6 Å². The van der Waals surface area contributed by atoms with Crippen molar-refractivity contribution in [3.63, 3.8) is 0 Å². The largest absolute Gasteiger partial charge is 0.126 e. The van der Waals surface area contributed by atoms with E-state index in [-0.39, 0.29) is 0 Å². The van der Waals surface area contributed by atoms with E-state index in [1.54, 1.807) is 0 Å². The zero-order chi connectivity index (χ0) is 11.1. The van der Waals surface area contributed by atoms with Gasteiger partial charge in [0.2, 0.25) is 0 Å². The minimum atomic E-state index is 0.791. The highest BCUT2D eigenvalue weighted by molar-refractivity contribution is 9.10. The molecule has 0 amide bonds. The van der Waals surface area contributed by atoms with Crippen LogP contribution in [0, 0.1) is 5.92 Å². The fraction of sp³-hybridized carbons (Fsp3) is 0.500. The molecule has 1 aromatic rings. The van der Waals surface area contributed by atoms with Gasteiger partial charge in [0, 0.05) is 20.5 Å². The predicted molar refractivity (Wildman–Crippen MR) is 77.1 cm³/mol. The van der Waals surface area contributed by atoms with Gasteiger partial charge in [-0.1, -0.05) is 51.3 Å². The Morgan fingerprint density at radius 3 is 2.80 bits per heavy atom. The fourth-order valence-electron chi connectivity index (χ4n) is 1.38. The van der Waals surface area contributed by atoms with Crippen LogP contribution in [-0.4, -0.2) is 11.1 Å². The third-order valence-electron chi connectivity index (χ3n) is 2.20. The molecular formula is C12H16Br2S. The molecule has 0 radical (unpaired) electrons. The fourth-order valence-corrected chi connectivity index (χ4v) is 3.89. The summed E-state index contributed by atoms with van der Waals surface area (Å²) in [6, 6.07) is 8.52. The molecule has 1 atom stereocenters. The molecule has 0 aliphatic rings. The summed E-state index contributed by atoms with van der Waals surface area (Å²) >= 11 is 9.02. The van der Waals surface area contributed by atoms with E-state index in [2.05, 4.69) is 63.0 Å². The number of thioether (sulfide) groups is 1. The Morgan fingerprint density at radius 2 is 2.20 bits per heavy atom. The Hall–Kier alpha value is 0.530. The van der Waals surface area contributed by atoms with Crippen LogP contribution in [0.2, 0.25) is 0 Å². The maximum Gasteiger partial charge on any atom is 0.0186 e. The average Bonchev–Trinajstić information content (AvgIpc) is 2.24. The minimum absolute atomic E-state index is 0.791. The van der Waals surface area contributed by atoms with E-state index in [4.69, 9.17) is 0 Å². The monoisotopic (exact) mass is 350 g/mol. The Morgan fingerprint density at radius 1 is 1.40 bits per heavy atom. The first kappa shape index (κ1) is 13.6. The zero-order valence-electron chi connectivity index (χ0n) is 8.88. The number of halogens is 2. The van der Waals surface area contributed by atoms with Crippen molar-refractivity contribution < 1.29 is 0 Å². The third kappa shape index (κ3) is 5.41. The maximum atomic E-state index is 3.58. The molecule has 0 bridgehead atoms. The molecule has 84 valence electrons. The first-order valence-corrected chi connectivity index (χ1v) is 8.10. The van der Waals surface area contributed by atoms with Gasteiger partial charge < -0.3 is 0 Å². The molecule has 0 fully saturated rings. The van der Waals surface area contributed by atoms with Crippen LogP contribution in [0.4, 0.5) is 0 Å². The smallest absolute Gasteiger partial charge is 0.0186 e. The van der Waals surface area contributed by atoms with E-state index in [9.17, 15) is 0 Å². The standard InChI is InChI=1S/C12H16Br2S/c1-2-4-10(8-13)9-15-12-6-3-5-11(14)7-12/h3,5-7,10H,2,4,8-9H2,1H3. The van der Waals surface area contributed by atoms with Crippen molar-refractivity contribution in [3.8, 4) is 0 Å². The van der Waals surface area contributed by atoms with Gasteiger partial charge in [-0.05, 0) is 30.5 Å². The van der Waals surface area contributed by atoms with Gasteiger partial charge in [-0.25, -0.2) is 0 Å². The summed E-state index contributed by atoms with van der Waals surface area (Å²) in [6.45, 7) is 2.25. The zero-order valence-corrected chi connectivity index (χ0v) is 12.9. The lowest BCUT2D eigenvalue weighted by molar-refractivity contribution is 0.597. The number of rotatable bonds is 6. The third-order valence-corrected chi connectivity index (χ3v) is 4.83. The lowest BCUT2D eigenvalue weighted by Crippen LogP contribution is -2.04. The first-order valence-electron chi connectivity index (χ1n) is 5.20. The van der Waals surface area contributed by atoms with Crippen molar-refractivity contribution in [3.05, 3.63) is 28.7 Å². The van der Waals surface area contributed by atoms with Crippen LogP contribution in [0.5, 0.6) is 0 Å². The Labute approximate surface area is 113 Å². The lowest BCUT2D eigenvalue weighted by Gasteiger charge is -2.12. The van der Waals surface area contributed by atoms with Crippen molar-refractivity contribution >= 4 is 43.6 Å². The highest BCUT2D eigenvalue weighted by Crippen LogP contribution is 2.25. The van der Waals surface area contributed by atoms with Gasteiger partial charge in [0.15, 0.2) is 0 Å². The molecule has 0 saturated heterocycles. The Kier molecular flexibility index (Phi) is 7.02. The number of hydrogen-bond acceptors (Lipinski definition) is 1. The summed E-state index contributed by atoms with van der Waals surface area (Å²) in [5.74, 6) is 1.99. The van der Waals surface area contributed by atoms with Gasteiger partial charge in [-0.15, -0.1) is 11.8 Å². The molecular weight excluding hydrogens is 336 g/mol. The number of alkyl halides is 1. The molecule has 0 aliphatic heterocycles. The molecule has 1 aromatic carbocycles. The van der Waals surface area contributed by atoms with Crippen molar-refractivity contribution in [2.24, 2.45) is 5.92 Å². The first-order chi connectivity index (χ1) is 7.26. The van der Waals surface area contributed by atoms with Crippen molar-refractivity contribution in [2.45, 2.75) is 24.7 Å². The lowest BCUT2D eigenvalue weighted by atomic mass is 10.1. The molecule has 0 nitrogen and oxygen atoms in total. The Balaban J connectivity index is 2.41. The van der Waals surface area contributed by atoms with Gasteiger partial charge in [0.1, 0.15) is 0 Å². The summed E-state index contributed by atoms with van der Waals surface area (Å²) in [4.78, 5) is 1.35. The van der Waals surface area contributed by atoms with Crippen molar-refractivity contribution in [1.29, 1.82) is 0 Å². The van der Waals surface area contributed by atoms with Crippen LogP contribution in [-0.2, 0) is 0 Å². The summed E-state index contributed by atoms with van der Waals surface area (Å²) in [5, 5.41) is 1.11. The second kappa shape index (κ2) is 7.75. The average molecular weight is 352 g/mol. The van der Waals surface area contributed by atoms with E-state index in [1.807, 2.05) is 11.8 Å². The summed E-state index contributed by atoms with van der Waals surface area (Å²) in [6.07, 6.45) is 2.58. The van der Waals surface area contributed by atoms with Gasteiger partial charge in [0.25, 0.3) is 0 Å². The molecule has 0 aliphatic carbocycles. The molecule has 0 saturated carbocycles. The minimum Gasteiger partial charge on any atom is -0.126 e. The van der Waals surface area contributed by atoms with Crippen LogP contribution in [0.15, 0.2) is 33.6 Å². The predicted octanol–water partition coefficient (Wildman–Crippen LogP) is 5.35. The summed E-state index contributed by atoms with van der Waals surface area (Å²) in [7, 11) is 0. The van der Waals surface area contributed by atoms with Gasteiger partial charge in [-0.2, -0.15) is 0 Å². The van der Waals surface area contributed by atoms with Gasteiger partial charge in [-0.3, -0.25) is 0 Å². The van der Waals surface area contributed by atoms with Crippen LogP contribution < -0.4 is 0 Å². The van der Waals surface area contributed by atoms with E-state index >= 15 is 0 Å². The van der Waals surface area contributed by atoms with Crippen molar-refractivity contribution in [1.82, 2.24) is 0 Å². The van der Waals surface area contributed by atoms with Crippen LogP contribution in [0.25, 0.3) is 0 Å². The van der Waals surface area contributed by atoms with Crippen LogP contribution in [0.1, 0.15) is 19.8 Å². The number of benzene rings is 1. The molecule has 0 aromatic heterocycles. The molecule has 0 N–H and O–H groups in total. The summed E-state index contributed by atoms with van der Waals surface area (Å²) in [5.41, 5.74) is 0. The van der Waals surface area contributed by atoms with E-state index in [0.29, 0.717) is 0 Å². The summed E-state index contributed by atoms with van der Waals surface area (Å²) < 4.78 is 1.17. The van der Waals surface area contributed by atoms with Crippen molar-refractivity contribution in [2.75, 3.05) is 11.1 Å². The topological polar surface area (TPSA) is 0 Å². The van der Waals surface area contributed by atoms with E-state index in [1.165, 1.54) is 28.0 Å².